The number of rotatable bonds is 9. The Kier molecular flexibility index (Phi) is 7.11. The molecule has 5 rings (SSSR count). The summed E-state index contributed by atoms with van der Waals surface area (Å²) in [5, 5.41) is 3.91. The fourth-order valence-corrected chi connectivity index (χ4v) is 4.85. The number of nitrogens with one attached hydrogen (secondary N) is 1. The van der Waals surface area contributed by atoms with Crippen molar-refractivity contribution in [2.45, 2.75) is 51.6 Å². The van der Waals surface area contributed by atoms with Gasteiger partial charge in [0, 0.05) is 25.0 Å². The van der Waals surface area contributed by atoms with Gasteiger partial charge in [-0.2, -0.15) is 0 Å². The third-order valence-corrected chi connectivity index (χ3v) is 6.67. The second kappa shape index (κ2) is 10.8. The lowest BCUT2D eigenvalue weighted by Crippen LogP contribution is -2.22. The van der Waals surface area contributed by atoms with Crippen molar-refractivity contribution >= 4 is 22.8 Å². The van der Waals surface area contributed by atoms with E-state index in [0.717, 1.165) is 49.3 Å². The van der Waals surface area contributed by atoms with E-state index >= 15 is 0 Å². The van der Waals surface area contributed by atoms with Gasteiger partial charge < -0.3 is 14.6 Å². The van der Waals surface area contributed by atoms with Crippen molar-refractivity contribution in [3.8, 4) is 0 Å². The molecular weight excluding hydrogens is 454 g/mol. The van der Waals surface area contributed by atoms with Crippen LogP contribution in [0.15, 0.2) is 65.8 Å². The zero-order valence-electron chi connectivity index (χ0n) is 20.5. The van der Waals surface area contributed by atoms with Gasteiger partial charge in [0.25, 0.3) is 5.56 Å². The number of aryl methyl sites for hydroxylation is 3. The molecule has 4 aromatic rings. The molecule has 1 atom stereocenters. The lowest BCUT2D eigenvalue weighted by atomic mass is 10.0. The molecule has 1 aliphatic heterocycles. The Morgan fingerprint density at radius 1 is 1.17 bits per heavy atom. The summed E-state index contributed by atoms with van der Waals surface area (Å²) in [6.07, 6.45) is 7.39. The highest BCUT2D eigenvalue weighted by Crippen LogP contribution is 2.26. The molecule has 4 heterocycles. The molecule has 0 aliphatic carbocycles. The summed E-state index contributed by atoms with van der Waals surface area (Å²) >= 11 is 0. The number of nitrogens with zero attached hydrogens (tertiary/aromatic N) is 4. The van der Waals surface area contributed by atoms with Crippen LogP contribution in [0, 0.1) is 0 Å². The number of benzene rings is 1. The Labute approximate surface area is 210 Å². The molecule has 0 amide bonds. The molecule has 186 valence electrons. The first-order chi connectivity index (χ1) is 17.6. The summed E-state index contributed by atoms with van der Waals surface area (Å²) in [7, 11) is 0. The Morgan fingerprint density at radius 2 is 2.03 bits per heavy atom. The number of carbonyl (C=O) groups is 1. The fourth-order valence-electron chi connectivity index (χ4n) is 4.85. The van der Waals surface area contributed by atoms with E-state index < -0.39 is 0 Å². The number of ether oxygens (including phenoxy) is 1. The summed E-state index contributed by atoms with van der Waals surface area (Å²) < 4.78 is 8.77. The van der Waals surface area contributed by atoms with Crippen LogP contribution in [0.5, 0.6) is 0 Å². The lowest BCUT2D eigenvalue weighted by molar-refractivity contribution is -0.143. The maximum Gasteiger partial charge on any atom is 0.308 e. The minimum Gasteiger partial charge on any atom is -0.466 e. The van der Waals surface area contributed by atoms with Gasteiger partial charge >= 0.3 is 5.97 Å². The minimum absolute atomic E-state index is 0.0817. The fraction of sp³-hybridized carbons (Fsp3) is 0.357. The van der Waals surface area contributed by atoms with Gasteiger partial charge in [0.05, 0.1) is 30.8 Å². The van der Waals surface area contributed by atoms with Crippen LogP contribution in [0.4, 0.5) is 5.82 Å². The van der Waals surface area contributed by atoms with Gasteiger partial charge in [0.1, 0.15) is 11.5 Å². The Bertz CT molecular complexity index is 1410. The Balaban J connectivity index is 1.35. The SMILES string of the molecule is CCOC(=O)CC(c1ccccc1)n1ccc2c(=O)n(CCCc3ccc4c(n3)NCCC4)cnc21. The van der Waals surface area contributed by atoms with Crippen molar-refractivity contribution in [3.63, 3.8) is 0 Å². The Morgan fingerprint density at radius 3 is 2.86 bits per heavy atom. The summed E-state index contributed by atoms with van der Waals surface area (Å²) in [6, 6.07) is 15.5. The van der Waals surface area contributed by atoms with Crippen molar-refractivity contribution in [3.05, 3.63) is 88.2 Å². The quantitative estimate of drug-likeness (QED) is 0.359. The van der Waals surface area contributed by atoms with Crippen LogP contribution >= 0.6 is 0 Å². The predicted octanol–water partition coefficient (Wildman–Crippen LogP) is 4.13. The number of hydrogen-bond acceptors (Lipinski definition) is 6. The zero-order valence-corrected chi connectivity index (χ0v) is 20.5. The van der Waals surface area contributed by atoms with Crippen LogP contribution in [-0.4, -0.2) is 38.2 Å². The number of carbonyl (C=O) groups excluding carboxylic acids is 1. The molecule has 1 aromatic carbocycles. The summed E-state index contributed by atoms with van der Waals surface area (Å²) in [4.78, 5) is 35.0. The average Bonchev–Trinajstić information content (AvgIpc) is 3.34. The highest BCUT2D eigenvalue weighted by Gasteiger charge is 2.22. The molecule has 0 fully saturated rings. The average molecular weight is 486 g/mol. The minimum atomic E-state index is -0.311. The molecular formula is C28H31N5O3. The van der Waals surface area contributed by atoms with E-state index in [2.05, 4.69) is 22.4 Å². The summed E-state index contributed by atoms with van der Waals surface area (Å²) in [6.45, 7) is 3.65. The molecule has 0 saturated heterocycles. The van der Waals surface area contributed by atoms with E-state index in [9.17, 15) is 9.59 Å². The van der Waals surface area contributed by atoms with Gasteiger partial charge in [-0.15, -0.1) is 0 Å². The van der Waals surface area contributed by atoms with E-state index in [1.165, 1.54) is 5.56 Å². The van der Waals surface area contributed by atoms with Crippen LogP contribution in [0.25, 0.3) is 11.0 Å². The van der Waals surface area contributed by atoms with Crippen LogP contribution in [0.1, 0.15) is 49.0 Å². The van der Waals surface area contributed by atoms with E-state index in [-0.39, 0.29) is 24.0 Å². The smallest absolute Gasteiger partial charge is 0.308 e. The standard InChI is InChI=1S/C28H31N5O3/c1-2-36-25(34)18-24(20-8-4-3-5-9-20)33-17-14-23-27(33)30-19-32(28(23)35)16-7-11-22-13-12-21-10-6-15-29-26(21)31-22/h3-5,8-9,12-14,17,19,24H,2,6-7,10-11,15-16,18H2,1H3,(H,29,31). The summed E-state index contributed by atoms with van der Waals surface area (Å²) in [5.41, 5.74) is 3.75. The molecule has 0 spiro atoms. The van der Waals surface area contributed by atoms with E-state index in [1.807, 2.05) is 41.1 Å². The first-order valence-corrected chi connectivity index (χ1v) is 12.6. The van der Waals surface area contributed by atoms with Crippen LogP contribution in [0.2, 0.25) is 0 Å². The number of esters is 1. The number of hydrogen-bond donors (Lipinski definition) is 1. The van der Waals surface area contributed by atoms with Crippen molar-refractivity contribution in [1.29, 1.82) is 0 Å². The Hall–Kier alpha value is -3.94. The molecule has 1 N–H and O–H groups in total. The third kappa shape index (κ3) is 5.03. The maximum atomic E-state index is 13.3. The van der Waals surface area contributed by atoms with Crippen LogP contribution in [-0.2, 0) is 28.9 Å². The highest BCUT2D eigenvalue weighted by atomic mass is 16.5. The van der Waals surface area contributed by atoms with Crippen molar-refractivity contribution in [2.24, 2.45) is 0 Å². The van der Waals surface area contributed by atoms with Gasteiger partial charge in [-0.3, -0.25) is 14.2 Å². The lowest BCUT2D eigenvalue weighted by Gasteiger charge is -2.19. The predicted molar refractivity (Wildman–Crippen MR) is 139 cm³/mol. The molecule has 0 bridgehead atoms. The second-order valence-electron chi connectivity index (χ2n) is 9.08. The molecule has 1 unspecified atom stereocenters. The summed E-state index contributed by atoms with van der Waals surface area (Å²) in [5.74, 6) is 0.712. The van der Waals surface area contributed by atoms with Gasteiger partial charge in [0.2, 0.25) is 0 Å². The van der Waals surface area contributed by atoms with Crippen molar-refractivity contribution < 1.29 is 9.53 Å². The molecule has 0 radical (unpaired) electrons. The van der Waals surface area contributed by atoms with E-state index in [1.54, 1.807) is 23.9 Å². The van der Waals surface area contributed by atoms with Crippen molar-refractivity contribution in [1.82, 2.24) is 19.1 Å². The molecule has 8 heteroatoms. The first kappa shape index (κ1) is 23.8. The van der Waals surface area contributed by atoms with E-state index in [4.69, 9.17) is 9.72 Å². The number of fused-ring (bicyclic) bond motifs is 2. The van der Waals surface area contributed by atoms with Crippen LogP contribution in [0.3, 0.4) is 0 Å². The monoisotopic (exact) mass is 485 g/mol. The normalized spacial score (nSPS) is 13.7. The van der Waals surface area contributed by atoms with Crippen LogP contribution < -0.4 is 10.9 Å². The molecule has 3 aromatic heterocycles. The van der Waals surface area contributed by atoms with Gasteiger partial charge in [0.15, 0.2) is 0 Å². The van der Waals surface area contributed by atoms with Gasteiger partial charge in [-0.05, 0) is 55.9 Å². The molecule has 8 nitrogen and oxygen atoms in total. The first-order valence-electron chi connectivity index (χ1n) is 12.6. The zero-order chi connectivity index (χ0) is 24.9. The van der Waals surface area contributed by atoms with Gasteiger partial charge in [-0.25, -0.2) is 9.97 Å². The number of pyridine rings is 1. The van der Waals surface area contributed by atoms with E-state index in [0.29, 0.717) is 24.2 Å². The highest BCUT2D eigenvalue weighted by molar-refractivity contribution is 5.76. The largest absolute Gasteiger partial charge is 0.466 e. The molecule has 36 heavy (non-hydrogen) atoms. The molecule has 1 aliphatic rings. The maximum absolute atomic E-state index is 13.3. The second-order valence-corrected chi connectivity index (χ2v) is 9.08. The topological polar surface area (TPSA) is 91.0 Å². The molecule has 0 saturated carbocycles. The third-order valence-electron chi connectivity index (χ3n) is 6.67. The van der Waals surface area contributed by atoms with Crippen molar-refractivity contribution in [2.75, 3.05) is 18.5 Å². The number of aromatic nitrogens is 4. The van der Waals surface area contributed by atoms with Gasteiger partial charge in [-0.1, -0.05) is 36.4 Å². The number of anilines is 1.